The maximum atomic E-state index is 12.4. The number of sulfonamides is 1. The predicted octanol–water partition coefficient (Wildman–Crippen LogP) is 3.16. The van der Waals surface area contributed by atoms with Crippen LogP contribution in [-0.4, -0.2) is 26.7 Å². The summed E-state index contributed by atoms with van der Waals surface area (Å²) in [7, 11) is -3.64. The molecule has 1 aromatic carbocycles. The minimum atomic E-state index is -3.64. The van der Waals surface area contributed by atoms with Gasteiger partial charge in [0.05, 0.1) is 11.5 Å². The number of ether oxygens (including phenoxy) is 1. The molecule has 7 heteroatoms. The highest BCUT2D eigenvalue weighted by atomic mass is 32.2. The maximum absolute atomic E-state index is 12.4. The molecule has 1 saturated carbocycles. The van der Waals surface area contributed by atoms with E-state index in [9.17, 15) is 13.2 Å². The standard InChI is InChI=1S/C18H26N2O4S/c1-14-9-11-17(12-10-14)25(22,23)20-19-18-8-4-3-6-16(18)7-5-13-24-15(2)21/h9-12,16,20H,3-8,13H2,1-2H3/b19-18-. The molecule has 1 unspecified atom stereocenters. The van der Waals surface area contributed by atoms with E-state index in [2.05, 4.69) is 9.93 Å². The lowest BCUT2D eigenvalue weighted by atomic mass is 9.84. The van der Waals surface area contributed by atoms with Gasteiger partial charge < -0.3 is 4.74 Å². The summed E-state index contributed by atoms with van der Waals surface area (Å²) < 4.78 is 29.7. The van der Waals surface area contributed by atoms with Crippen molar-refractivity contribution in [3.05, 3.63) is 29.8 Å². The van der Waals surface area contributed by atoms with Crippen molar-refractivity contribution in [2.24, 2.45) is 11.0 Å². The first-order valence-electron chi connectivity index (χ1n) is 8.67. The molecule has 2 rings (SSSR count). The van der Waals surface area contributed by atoms with Crippen LogP contribution in [0.4, 0.5) is 0 Å². The van der Waals surface area contributed by atoms with Gasteiger partial charge in [-0.15, -0.1) is 0 Å². The highest BCUT2D eigenvalue weighted by molar-refractivity contribution is 7.89. The van der Waals surface area contributed by atoms with Crippen LogP contribution in [0.5, 0.6) is 0 Å². The molecule has 1 atom stereocenters. The molecule has 0 aromatic heterocycles. The Hall–Kier alpha value is -1.89. The number of nitrogens with one attached hydrogen (secondary N) is 1. The Balaban J connectivity index is 1.98. The van der Waals surface area contributed by atoms with Crippen LogP contribution in [-0.2, 0) is 19.6 Å². The predicted molar refractivity (Wildman–Crippen MR) is 96.8 cm³/mol. The summed E-state index contributed by atoms with van der Waals surface area (Å²) in [6.45, 7) is 3.70. The molecule has 0 bridgehead atoms. The number of hydrogen-bond donors (Lipinski definition) is 1. The molecular weight excluding hydrogens is 340 g/mol. The van der Waals surface area contributed by atoms with Gasteiger partial charge in [0.15, 0.2) is 0 Å². The summed E-state index contributed by atoms with van der Waals surface area (Å²) in [5.41, 5.74) is 1.90. The Labute approximate surface area is 149 Å². The number of aryl methyl sites for hydroxylation is 1. The number of carbonyl (C=O) groups excluding carboxylic acids is 1. The van der Waals surface area contributed by atoms with E-state index in [0.717, 1.165) is 49.8 Å². The molecule has 1 aromatic rings. The van der Waals surface area contributed by atoms with Crippen molar-refractivity contribution in [3.8, 4) is 0 Å². The first-order valence-corrected chi connectivity index (χ1v) is 10.1. The highest BCUT2D eigenvalue weighted by Crippen LogP contribution is 2.25. The average Bonchev–Trinajstić information content (AvgIpc) is 2.58. The number of benzene rings is 1. The second-order valence-corrected chi connectivity index (χ2v) is 8.10. The van der Waals surface area contributed by atoms with E-state index in [4.69, 9.17) is 4.74 Å². The van der Waals surface area contributed by atoms with E-state index in [1.807, 2.05) is 6.92 Å². The van der Waals surface area contributed by atoms with E-state index in [-0.39, 0.29) is 16.8 Å². The van der Waals surface area contributed by atoms with E-state index in [1.165, 1.54) is 6.92 Å². The van der Waals surface area contributed by atoms with Gasteiger partial charge in [0.25, 0.3) is 10.0 Å². The Morgan fingerprint density at radius 2 is 2.00 bits per heavy atom. The van der Waals surface area contributed by atoms with Crippen molar-refractivity contribution < 1.29 is 17.9 Å². The number of hydrogen-bond acceptors (Lipinski definition) is 5. The van der Waals surface area contributed by atoms with Crippen molar-refractivity contribution >= 4 is 21.7 Å². The molecule has 0 radical (unpaired) electrons. The van der Waals surface area contributed by atoms with Crippen LogP contribution < -0.4 is 4.83 Å². The van der Waals surface area contributed by atoms with Crippen molar-refractivity contribution in [3.63, 3.8) is 0 Å². The average molecular weight is 366 g/mol. The number of esters is 1. The SMILES string of the molecule is CC(=O)OCCCC1CCCC/C1=N/NS(=O)(=O)c1ccc(C)cc1. The van der Waals surface area contributed by atoms with E-state index in [0.29, 0.717) is 6.61 Å². The summed E-state index contributed by atoms with van der Waals surface area (Å²) in [6, 6.07) is 6.69. The lowest BCUT2D eigenvalue weighted by Gasteiger charge is -2.24. The van der Waals surface area contributed by atoms with E-state index >= 15 is 0 Å². The third-order valence-electron chi connectivity index (χ3n) is 4.35. The molecule has 0 spiro atoms. The minimum Gasteiger partial charge on any atom is -0.466 e. The number of hydrazone groups is 1. The molecule has 0 aliphatic heterocycles. The zero-order valence-corrected chi connectivity index (χ0v) is 15.6. The van der Waals surface area contributed by atoms with Crippen LogP contribution in [0.1, 0.15) is 51.0 Å². The Bertz CT molecular complexity index is 711. The van der Waals surface area contributed by atoms with E-state index < -0.39 is 10.0 Å². The molecule has 138 valence electrons. The van der Waals surface area contributed by atoms with Crippen LogP contribution in [0.3, 0.4) is 0 Å². The summed E-state index contributed by atoms with van der Waals surface area (Å²) in [6.07, 6.45) is 5.53. The van der Waals surface area contributed by atoms with Gasteiger partial charge in [0.1, 0.15) is 0 Å². The highest BCUT2D eigenvalue weighted by Gasteiger charge is 2.21. The normalized spacial score (nSPS) is 19.6. The van der Waals surface area contributed by atoms with Gasteiger partial charge in [-0.1, -0.05) is 24.1 Å². The van der Waals surface area contributed by atoms with Gasteiger partial charge >= 0.3 is 5.97 Å². The monoisotopic (exact) mass is 366 g/mol. The molecule has 1 N–H and O–H groups in total. The second-order valence-electron chi connectivity index (χ2n) is 6.44. The molecule has 1 aliphatic carbocycles. The fourth-order valence-electron chi connectivity index (χ4n) is 2.96. The Kier molecular flexibility index (Phi) is 6.99. The van der Waals surface area contributed by atoms with Crippen LogP contribution in [0.15, 0.2) is 34.3 Å². The summed E-state index contributed by atoms with van der Waals surface area (Å²) >= 11 is 0. The molecule has 0 amide bonds. The second kappa shape index (κ2) is 8.99. The molecule has 25 heavy (non-hydrogen) atoms. The molecule has 1 fully saturated rings. The van der Waals surface area contributed by atoms with Crippen LogP contribution in [0, 0.1) is 12.8 Å². The molecule has 0 saturated heterocycles. The maximum Gasteiger partial charge on any atom is 0.302 e. The molecule has 6 nitrogen and oxygen atoms in total. The van der Waals surface area contributed by atoms with E-state index in [1.54, 1.807) is 24.3 Å². The topological polar surface area (TPSA) is 84.8 Å². The van der Waals surface area contributed by atoms with Crippen LogP contribution in [0.2, 0.25) is 0 Å². The van der Waals surface area contributed by atoms with Gasteiger partial charge in [-0.2, -0.15) is 13.5 Å². The largest absolute Gasteiger partial charge is 0.466 e. The first kappa shape index (κ1) is 19.4. The fraction of sp³-hybridized carbons (Fsp3) is 0.556. The smallest absolute Gasteiger partial charge is 0.302 e. The van der Waals surface area contributed by atoms with Gasteiger partial charge in [0.2, 0.25) is 0 Å². The van der Waals surface area contributed by atoms with Crippen LogP contribution in [0.25, 0.3) is 0 Å². The lowest BCUT2D eigenvalue weighted by Crippen LogP contribution is -2.26. The van der Waals surface area contributed by atoms with Crippen molar-refractivity contribution in [1.29, 1.82) is 0 Å². The van der Waals surface area contributed by atoms with Crippen LogP contribution >= 0.6 is 0 Å². The zero-order valence-electron chi connectivity index (χ0n) is 14.8. The van der Waals surface area contributed by atoms with Crippen molar-refractivity contribution in [1.82, 2.24) is 4.83 Å². The van der Waals surface area contributed by atoms with Gasteiger partial charge in [-0.3, -0.25) is 4.79 Å². The Morgan fingerprint density at radius 1 is 1.28 bits per heavy atom. The number of carbonyl (C=O) groups is 1. The minimum absolute atomic E-state index is 0.213. The lowest BCUT2D eigenvalue weighted by molar-refractivity contribution is -0.141. The summed E-state index contributed by atoms with van der Waals surface area (Å²) in [5, 5.41) is 4.22. The zero-order chi connectivity index (χ0) is 18.3. The first-order chi connectivity index (χ1) is 11.9. The van der Waals surface area contributed by atoms with Gasteiger partial charge in [-0.25, -0.2) is 4.83 Å². The number of rotatable bonds is 7. The molecule has 1 aliphatic rings. The van der Waals surface area contributed by atoms with Gasteiger partial charge in [-0.05, 0) is 57.1 Å². The summed E-state index contributed by atoms with van der Waals surface area (Å²) in [5.74, 6) is -0.0339. The molecular formula is C18H26N2O4S. The summed E-state index contributed by atoms with van der Waals surface area (Å²) in [4.78, 5) is 13.4. The van der Waals surface area contributed by atoms with Crippen molar-refractivity contribution in [2.75, 3.05) is 6.61 Å². The molecule has 0 heterocycles. The fourth-order valence-corrected chi connectivity index (χ4v) is 3.80. The third-order valence-corrected chi connectivity index (χ3v) is 5.57. The number of nitrogens with zero attached hydrogens (tertiary/aromatic N) is 1. The third kappa shape index (κ3) is 6.16. The Morgan fingerprint density at radius 3 is 2.68 bits per heavy atom. The van der Waals surface area contributed by atoms with Gasteiger partial charge in [0, 0.05) is 12.6 Å². The quantitative estimate of drug-likeness (QED) is 0.456. The van der Waals surface area contributed by atoms with Crippen molar-refractivity contribution in [2.45, 2.75) is 57.3 Å².